The Morgan fingerprint density at radius 3 is 2.50 bits per heavy atom. The van der Waals surface area contributed by atoms with Crippen LogP contribution in [-0.2, 0) is 25.5 Å². The second-order valence-corrected chi connectivity index (χ2v) is 6.04. The van der Waals surface area contributed by atoms with Gasteiger partial charge in [0, 0.05) is 22.8 Å². The zero-order valence-corrected chi connectivity index (χ0v) is 15.4. The van der Waals surface area contributed by atoms with Crippen molar-refractivity contribution in [2.75, 3.05) is 18.5 Å². The van der Waals surface area contributed by atoms with Crippen LogP contribution in [0.5, 0.6) is 0 Å². The Labute approximate surface area is 161 Å². The molecule has 1 aromatic heterocycles. The molecule has 0 atom stereocenters. The van der Waals surface area contributed by atoms with Gasteiger partial charge in [0.15, 0.2) is 6.61 Å². The van der Waals surface area contributed by atoms with Gasteiger partial charge in [-0.05, 0) is 42.8 Å². The lowest BCUT2D eigenvalue weighted by Gasteiger charge is -2.07. The molecule has 0 spiro atoms. The smallest absolute Gasteiger partial charge is 0.338 e. The lowest BCUT2D eigenvalue weighted by molar-refractivity contribution is -0.146. The van der Waals surface area contributed by atoms with Crippen LogP contribution in [0.25, 0.3) is 10.9 Å². The average molecular weight is 380 g/mol. The zero-order chi connectivity index (χ0) is 19.9. The van der Waals surface area contributed by atoms with Crippen LogP contribution in [0.2, 0.25) is 0 Å². The molecule has 0 aliphatic carbocycles. The molecule has 28 heavy (non-hydrogen) atoms. The molecule has 1 heterocycles. The summed E-state index contributed by atoms with van der Waals surface area (Å²) in [4.78, 5) is 38.7. The number of amides is 1. The maximum atomic E-state index is 12.0. The van der Waals surface area contributed by atoms with E-state index in [0.29, 0.717) is 17.9 Å². The van der Waals surface area contributed by atoms with Crippen molar-refractivity contribution in [2.45, 2.75) is 13.3 Å². The first-order chi connectivity index (χ1) is 13.6. The number of ether oxygens (including phenoxy) is 2. The van der Waals surface area contributed by atoms with Crippen LogP contribution < -0.4 is 5.32 Å². The second kappa shape index (κ2) is 8.85. The predicted molar refractivity (Wildman–Crippen MR) is 104 cm³/mol. The molecule has 1 amide bonds. The molecular formula is C21H20N2O5. The van der Waals surface area contributed by atoms with E-state index in [1.807, 2.05) is 24.3 Å². The Kier molecular flexibility index (Phi) is 6.06. The van der Waals surface area contributed by atoms with E-state index in [1.165, 1.54) is 0 Å². The van der Waals surface area contributed by atoms with Crippen LogP contribution >= 0.6 is 0 Å². The topological polar surface area (TPSA) is 97.5 Å². The third kappa shape index (κ3) is 4.76. The number of fused-ring (bicyclic) bond motifs is 1. The van der Waals surface area contributed by atoms with Gasteiger partial charge in [-0.1, -0.05) is 18.2 Å². The summed E-state index contributed by atoms with van der Waals surface area (Å²) in [5, 5.41) is 3.56. The van der Waals surface area contributed by atoms with Crippen LogP contribution in [0, 0.1) is 0 Å². The van der Waals surface area contributed by atoms with Crippen LogP contribution in [0.1, 0.15) is 22.8 Å². The summed E-state index contributed by atoms with van der Waals surface area (Å²) in [5.41, 5.74) is 2.64. The van der Waals surface area contributed by atoms with Crippen LogP contribution in [0.4, 0.5) is 5.69 Å². The summed E-state index contributed by atoms with van der Waals surface area (Å²) in [7, 11) is 0. The Hall–Kier alpha value is -3.61. The van der Waals surface area contributed by atoms with Gasteiger partial charge < -0.3 is 19.8 Å². The molecule has 0 radical (unpaired) electrons. The lowest BCUT2D eigenvalue weighted by atomic mass is 10.1. The number of aromatic amines is 1. The van der Waals surface area contributed by atoms with E-state index in [2.05, 4.69) is 10.3 Å². The Balaban J connectivity index is 1.48. The van der Waals surface area contributed by atoms with Gasteiger partial charge in [-0.2, -0.15) is 0 Å². The molecule has 0 fully saturated rings. The third-order valence-corrected chi connectivity index (χ3v) is 4.05. The van der Waals surface area contributed by atoms with Gasteiger partial charge in [0.05, 0.1) is 18.6 Å². The SMILES string of the molecule is CCOC(=O)c1ccc(NC(=O)COC(=O)Cc2c[nH]c3ccccc23)cc1. The fourth-order valence-electron chi connectivity index (χ4n) is 2.73. The van der Waals surface area contributed by atoms with Crippen LogP contribution in [0.15, 0.2) is 54.7 Å². The summed E-state index contributed by atoms with van der Waals surface area (Å²) in [6, 6.07) is 13.9. The van der Waals surface area contributed by atoms with E-state index in [9.17, 15) is 14.4 Å². The molecule has 3 rings (SSSR count). The van der Waals surface area contributed by atoms with E-state index in [4.69, 9.17) is 9.47 Å². The van der Waals surface area contributed by atoms with Gasteiger partial charge >= 0.3 is 11.9 Å². The van der Waals surface area contributed by atoms with Crippen molar-refractivity contribution in [1.29, 1.82) is 0 Å². The average Bonchev–Trinajstić information content (AvgIpc) is 3.10. The van der Waals surface area contributed by atoms with E-state index in [1.54, 1.807) is 37.4 Å². The normalized spacial score (nSPS) is 10.5. The number of anilines is 1. The number of rotatable bonds is 7. The quantitative estimate of drug-likeness (QED) is 0.614. The largest absolute Gasteiger partial charge is 0.462 e. The second-order valence-electron chi connectivity index (χ2n) is 6.04. The Morgan fingerprint density at radius 2 is 1.75 bits per heavy atom. The van der Waals surface area contributed by atoms with Gasteiger partial charge in [0.1, 0.15) is 0 Å². The van der Waals surface area contributed by atoms with E-state index in [-0.39, 0.29) is 13.0 Å². The van der Waals surface area contributed by atoms with Crippen LogP contribution in [-0.4, -0.2) is 36.0 Å². The number of carbonyl (C=O) groups is 3. The molecule has 7 heteroatoms. The number of aromatic nitrogens is 1. The first-order valence-corrected chi connectivity index (χ1v) is 8.84. The first kappa shape index (κ1) is 19.2. The Morgan fingerprint density at radius 1 is 1.00 bits per heavy atom. The molecule has 2 aromatic carbocycles. The van der Waals surface area contributed by atoms with Crippen molar-refractivity contribution in [3.63, 3.8) is 0 Å². The molecule has 3 aromatic rings. The zero-order valence-electron chi connectivity index (χ0n) is 15.4. The number of carbonyl (C=O) groups excluding carboxylic acids is 3. The van der Waals surface area contributed by atoms with Crippen molar-refractivity contribution in [1.82, 2.24) is 4.98 Å². The fourth-order valence-corrected chi connectivity index (χ4v) is 2.73. The summed E-state index contributed by atoms with van der Waals surface area (Å²) >= 11 is 0. The molecule has 2 N–H and O–H groups in total. The first-order valence-electron chi connectivity index (χ1n) is 8.84. The van der Waals surface area contributed by atoms with Crippen molar-refractivity contribution in [3.8, 4) is 0 Å². The molecule has 0 unspecified atom stereocenters. The van der Waals surface area contributed by atoms with Crippen molar-refractivity contribution < 1.29 is 23.9 Å². The summed E-state index contributed by atoms with van der Waals surface area (Å²) in [5.74, 6) is -1.37. The fraction of sp³-hybridized carbons (Fsp3) is 0.190. The van der Waals surface area contributed by atoms with E-state index < -0.39 is 17.8 Å². The maximum Gasteiger partial charge on any atom is 0.338 e. The van der Waals surface area contributed by atoms with Gasteiger partial charge in [-0.15, -0.1) is 0 Å². The lowest BCUT2D eigenvalue weighted by Crippen LogP contribution is -2.21. The number of H-pyrrole nitrogens is 1. The summed E-state index contributed by atoms with van der Waals surface area (Å²) < 4.78 is 9.95. The minimum Gasteiger partial charge on any atom is -0.462 e. The van der Waals surface area contributed by atoms with Crippen molar-refractivity contribution in [3.05, 3.63) is 65.9 Å². The highest BCUT2D eigenvalue weighted by atomic mass is 16.5. The van der Waals surface area contributed by atoms with Crippen molar-refractivity contribution >= 4 is 34.4 Å². The monoisotopic (exact) mass is 380 g/mol. The number of para-hydroxylation sites is 1. The molecule has 7 nitrogen and oxygen atoms in total. The maximum absolute atomic E-state index is 12.0. The number of benzene rings is 2. The third-order valence-electron chi connectivity index (χ3n) is 4.05. The van der Waals surface area contributed by atoms with Gasteiger partial charge in [-0.3, -0.25) is 9.59 Å². The highest BCUT2D eigenvalue weighted by molar-refractivity contribution is 5.94. The Bertz CT molecular complexity index is 991. The summed E-state index contributed by atoms with van der Waals surface area (Å²) in [6.07, 6.45) is 1.84. The summed E-state index contributed by atoms with van der Waals surface area (Å²) in [6.45, 7) is 1.63. The minimum atomic E-state index is -0.488. The highest BCUT2D eigenvalue weighted by Gasteiger charge is 2.12. The van der Waals surface area contributed by atoms with Gasteiger partial charge in [-0.25, -0.2) is 4.79 Å². The van der Waals surface area contributed by atoms with E-state index >= 15 is 0 Å². The van der Waals surface area contributed by atoms with Crippen LogP contribution in [0.3, 0.4) is 0 Å². The van der Waals surface area contributed by atoms with Gasteiger partial charge in [0.2, 0.25) is 0 Å². The molecule has 0 aliphatic rings. The van der Waals surface area contributed by atoms with E-state index in [0.717, 1.165) is 16.5 Å². The minimum absolute atomic E-state index is 0.0749. The molecular weight excluding hydrogens is 360 g/mol. The molecule has 0 saturated heterocycles. The highest BCUT2D eigenvalue weighted by Crippen LogP contribution is 2.18. The molecule has 0 bridgehead atoms. The standard InChI is InChI=1S/C21H20N2O5/c1-2-27-21(26)14-7-9-16(10-8-14)23-19(24)13-28-20(25)11-15-12-22-18-6-4-3-5-17(15)18/h3-10,12,22H,2,11,13H2,1H3,(H,23,24). The molecule has 144 valence electrons. The number of nitrogens with one attached hydrogen (secondary N) is 2. The predicted octanol–water partition coefficient (Wildman–Crippen LogP) is 3.07. The number of hydrogen-bond acceptors (Lipinski definition) is 5. The van der Waals surface area contributed by atoms with Crippen molar-refractivity contribution in [2.24, 2.45) is 0 Å². The molecule has 0 aliphatic heterocycles. The number of esters is 2. The molecule has 0 saturated carbocycles. The number of hydrogen-bond donors (Lipinski definition) is 2. The van der Waals surface area contributed by atoms with Gasteiger partial charge in [0.25, 0.3) is 5.91 Å².